The van der Waals surface area contributed by atoms with Crippen LogP contribution in [0.2, 0.25) is 0 Å². The van der Waals surface area contributed by atoms with Crippen LogP contribution in [0.1, 0.15) is 11.3 Å². The zero-order chi connectivity index (χ0) is 12.0. The molecule has 90 valence electrons. The van der Waals surface area contributed by atoms with Crippen molar-refractivity contribution in [2.45, 2.75) is 25.3 Å². The van der Waals surface area contributed by atoms with E-state index < -0.39 is 6.29 Å². The van der Waals surface area contributed by atoms with E-state index >= 15 is 0 Å². The molecule has 0 spiro atoms. The number of aromatic nitrogens is 1. The molecule has 0 aliphatic carbocycles. The molecule has 1 aliphatic heterocycles. The Morgan fingerprint density at radius 1 is 1.35 bits per heavy atom. The molecule has 1 unspecified atom stereocenters. The Labute approximate surface area is 99.5 Å². The number of rotatable bonds is 1. The molecule has 1 aliphatic rings. The average Bonchev–Trinajstić information content (AvgIpc) is 2.64. The highest BCUT2D eigenvalue weighted by Gasteiger charge is 2.30. The fourth-order valence-corrected chi connectivity index (χ4v) is 2.69. The number of aliphatic hydroxyl groups is 2. The van der Waals surface area contributed by atoms with Crippen LogP contribution in [0.5, 0.6) is 0 Å². The molecule has 2 aromatic rings. The number of H-pyrrole nitrogens is 1. The SMILES string of the molecule is CN1Cc2[nH]c3ccccc3c2CC1C(O)O. The second kappa shape index (κ2) is 3.84. The van der Waals surface area contributed by atoms with Gasteiger partial charge in [-0.2, -0.15) is 0 Å². The van der Waals surface area contributed by atoms with Crippen LogP contribution in [0, 0.1) is 0 Å². The highest BCUT2D eigenvalue weighted by Crippen LogP contribution is 2.29. The van der Waals surface area contributed by atoms with E-state index in [0.717, 1.165) is 12.1 Å². The third-order valence-corrected chi connectivity index (χ3v) is 3.63. The van der Waals surface area contributed by atoms with Crippen molar-refractivity contribution in [1.82, 2.24) is 9.88 Å². The highest BCUT2D eigenvalue weighted by atomic mass is 16.5. The van der Waals surface area contributed by atoms with Crippen molar-refractivity contribution in [3.8, 4) is 0 Å². The summed E-state index contributed by atoms with van der Waals surface area (Å²) >= 11 is 0. The summed E-state index contributed by atoms with van der Waals surface area (Å²) < 4.78 is 0. The smallest absolute Gasteiger partial charge is 0.167 e. The van der Waals surface area contributed by atoms with Crippen LogP contribution in [0.15, 0.2) is 24.3 Å². The average molecular weight is 232 g/mol. The van der Waals surface area contributed by atoms with Gasteiger partial charge in [0.1, 0.15) is 0 Å². The Kier molecular flexibility index (Phi) is 2.43. The number of aromatic amines is 1. The fourth-order valence-electron chi connectivity index (χ4n) is 2.69. The Morgan fingerprint density at radius 2 is 2.12 bits per heavy atom. The van der Waals surface area contributed by atoms with Crippen molar-refractivity contribution in [3.63, 3.8) is 0 Å². The largest absolute Gasteiger partial charge is 0.367 e. The summed E-state index contributed by atoms with van der Waals surface area (Å²) in [6.45, 7) is 0.728. The molecule has 2 heterocycles. The second-order valence-electron chi connectivity index (χ2n) is 4.73. The summed E-state index contributed by atoms with van der Waals surface area (Å²) in [6.07, 6.45) is -0.616. The van der Waals surface area contributed by atoms with Gasteiger partial charge in [0.05, 0.1) is 6.04 Å². The van der Waals surface area contributed by atoms with Crippen molar-refractivity contribution in [2.75, 3.05) is 7.05 Å². The number of benzene rings is 1. The van der Waals surface area contributed by atoms with Crippen LogP contribution >= 0.6 is 0 Å². The minimum atomic E-state index is -1.29. The van der Waals surface area contributed by atoms with Gasteiger partial charge >= 0.3 is 0 Å². The van der Waals surface area contributed by atoms with Gasteiger partial charge in [-0.05, 0) is 25.1 Å². The molecule has 1 aromatic heterocycles. The maximum atomic E-state index is 9.39. The van der Waals surface area contributed by atoms with E-state index in [9.17, 15) is 10.2 Å². The number of hydrogen-bond donors (Lipinski definition) is 3. The molecule has 3 rings (SSSR count). The first kappa shape index (κ1) is 10.8. The van der Waals surface area contributed by atoms with E-state index in [1.165, 1.54) is 16.6 Å². The summed E-state index contributed by atoms with van der Waals surface area (Å²) in [5.74, 6) is 0. The number of nitrogens with one attached hydrogen (secondary N) is 1. The summed E-state index contributed by atoms with van der Waals surface area (Å²) in [5.41, 5.74) is 3.53. The van der Waals surface area contributed by atoms with Crippen molar-refractivity contribution in [1.29, 1.82) is 0 Å². The fraction of sp³-hybridized carbons (Fsp3) is 0.385. The standard InChI is InChI=1S/C13H16N2O2/c1-15-7-11-9(6-12(15)13(16)17)8-4-2-3-5-10(8)14-11/h2-5,12-14,16-17H,6-7H2,1H3. The molecule has 0 bridgehead atoms. The predicted octanol–water partition coefficient (Wildman–Crippen LogP) is 0.835. The molecule has 4 heteroatoms. The van der Waals surface area contributed by atoms with Crippen molar-refractivity contribution in [2.24, 2.45) is 0 Å². The van der Waals surface area contributed by atoms with Gasteiger partial charge in [-0.3, -0.25) is 4.90 Å². The number of nitrogens with zero attached hydrogens (tertiary/aromatic N) is 1. The molecule has 0 radical (unpaired) electrons. The van der Waals surface area contributed by atoms with E-state index in [-0.39, 0.29) is 6.04 Å². The lowest BCUT2D eigenvalue weighted by atomic mass is 9.97. The van der Waals surface area contributed by atoms with Crippen LogP contribution in [0.3, 0.4) is 0 Å². The normalized spacial score (nSPS) is 21.1. The first-order chi connectivity index (χ1) is 8.16. The Bertz CT molecular complexity index is 547. The lowest BCUT2D eigenvalue weighted by Crippen LogP contribution is -2.45. The molecule has 1 atom stereocenters. The summed E-state index contributed by atoms with van der Waals surface area (Å²) in [5, 5.41) is 20.0. The zero-order valence-corrected chi connectivity index (χ0v) is 9.72. The Balaban J connectivity index is 2.10. The maximum Gasteiger partial charge on any atom is 0.167 e. The van der Waals surface area contributed by atoms with Crippen molar-refractivity contribution < 1.29 is 10.2 Å². The van der Waals surface area contributed by atoms with Crippen molar-refractivity contribution >= 4 is 10.9 Å². The Morgan fingerprint density at radius 3 is 2.88 bits per heavy atom. The highest BCUT2D eigenvalue weighted by molar-refractivity contribution is 5.84. The molecular weight excluding hydrogens is 216 g/mol. The molecule has 4 nitrogen and oxygen atoms in total. The third kappa shape index (κ3) is 1.65. The van der Waals surface area contributed by atoms with E-state index in [4.69, 9.17) is 0 Å². The molecule has 0 saturated carbocycles. The summed E-state index contributed by atoms with van der Waals surface area (Å²) in [4.78, 5) is 5.38. The minimum absolute atomic E-state index is 0.221. The number of fused-ring (bicyclic) bond motifs is 3. The molecular formula is C13H16N2O2. The second-order valence-corrected chi connectivity index (χ2v) is 4.73. The van der Waals surface area contributed by atoms with Gasteiger partial charge in [0.2, 0.25) is 0 Å². The van der Waals surface area contributed by atoms with Gasteiger partial charge in [-0.25, -0.2) is 0 Å². The molecule has 0 amide bonds. The first-order valence-corrected chi connectivity index (χ1v) is 5.81. The predicted molar refractivity (Wildman–Crippen MR) is 65.5 cm³/mol. The number of para-hydroxylation sites is 1. The van der Waals surface area contributed by atoms with Gasteiger partial charge in [-0.1, -0.05) is 18.2 Å². The van der Waals surface area contributed by atoms with Crippen LogP contribution in [-0.2, 0) is 13.0 Å². The Hall–Kier alpha value is -1.36. The van der Waals surface area contributed by atoms with E-state index in [0.29, 0.717) is 6.42 Å². The van der Waals surface area contributed by atoms with Crippen LogP contribution in [-0.4, -0.2) is 39.5 Å². The maximum absolute atomic E-state index is 9.39. The summed E-state index contributed by atoms with van der Waals surface area (Å²) in [6, 6.07) is 7.93. The number of aliphatic hydroxyl groups excluding tert-OH is 1. The number of likely N-dealkylation sites (N-methyl/N-ethyl adjacent to an activating group) is 1. The molecule has 17 heavy (non-hydrogen) atoms. The molecule has 0 saturated heterocycles. The van der Waals surface area contributed by atoms with Crippen molar-refractivity contribution in [3.05, 3.63) is 35.5 Å². The van der Waals surface area contributed by atoms with Gasteiger partial charge in [0, 0.05) is 23.1 Å². The van der Waals surface area contributed by atoms with Gasteiger partial charge in [0.25, 0.3) is 0 Å². The topological polar surface area (TPSA) is 59.5 Å². The van der Waals surface area contributed by atoms with Gasteiger partial charge < -0.3 is 15.2 Å². The van der Waals surface area contributed by atoms with Crippen LogP contribution in [0.4, 0.5) is 0 Å². The minimum Gasteiger partial charge on any atom is -0.367 e. The zero-order valence-electron chi connectivity index (χ0n) is 9.72. The third-order valence-electron chi connectivity index (χ3n) is 3.63. The quantitative estimate of drug-likeness (QED) is 0.638. The van der Waals surface area contributed by atoms with E-state index in [2.05, 4.69) is 17.1 Å². The molecule has 1 aromatic carbocycles. The molecule has 0 fully saturated rings. The van der Waals surface area contributed by atoms with E-state index in [1.54, 1.807) is 0 Å². The van der Waals surface area contributed by atoms with Gasteiger partial charge in [-0.15, -0.1) is 0 Å². The van der Waals surface area contributed by atoms with Gasteiger partial charge in [0.15, 0.2) is 6.29 Å². The first-order valence-electron chi connectivity index (χ1n) is 5.81. The molecule has 3 N–H and O–H groups in total. The summed E-state index contributed by atoms with van der Waals surface area (Å²) in [7, 11) is 1.92. The monoisotopic (exact) mass is 232 g/mol. The number of hydrogen-bond acceptors (Lipinski definition) is 3. The lowest BCUT2D eigenvalue weighted by molar-refractivity contribution is -0.0995. The lowest BCUT2D eigenvalue weighted by Gasteiger charge is -2.33. The van der Waals surface area contributed by atoms with E-state index in [1.807, 2.05) is 24.1 Å². The van der Waals surface area contributed by atoms with Crippen LogP contribution in [0.25, 0.3) is 10.9 Å². The van der Waals surface area contributed by atoms with Crippen LogP contribution < -0.4 is 0 Å².